The van der Waals surface area contributed by atoms with E-state index in [1.165, 1.54) is 11.1 Å². The van der Waals surface area contributed by atoms with E-state index in [2.05, 4.69) is 68.2 Å². The van der Waals surface area contributed by atoms with Gasteiger partial charge in [0.2, 0.25) is 5.91 Å². The summed E-state index contributed by atoms with van der Waals surface area (Å²) in [7, 11) is 0. The molecule has 24 heavy (non-hydrogen) atoms. The third-order valence-electron chi connectivity index (χ3n) is 4.28. The van der Waals surface area contributed by atoms with Crippen molar-refractivity contribution in [1.29, 1.82) is 0 Å². The first-order valence-corrected chi connectivity index (χ1v) is 8.56. The van der Waals surface area contributed by atoms with Crippen LogP contribution in [0.3, 0.4) is 0 Å². The highest BCUT2D eigenvalue weighted by atomic mass is 16.2. The largest absolute Gasteiger partial charge is 0.358 e. The van der Waals surface area contributed by atoms with Crippen molar-refractivity contribution in [1.82, 2.24) is 5.32 Å². The predicted octanol–water partition coefficient (Wildman–Crippen LogP) is 4.31. The highest BCUT2D eigenvalue weighted by Crippen LogP contribution is 2.19. The fourth-order valence-corrected chi connectivity index (χ4v) is 2.55. The number of hydrogen-bond donors (Lipinski definition) is 1. The zero-order valence-electron chi connectivity index (χ0n) is 15.2. The molecule has 0 saturated heterocycles. The Bertz CT molecular complexity index is 665. The molecule has 0 aromatic heterocycles. The summed E-state index contributed by atoms with van der Waals surface area (Å²) in [4.78, 5) is 14.7. The number of nitrogens with one attached hydrogen (secondary N) is 1. The molecule has 0 fully saturated rings. The van der Waals surface area contributed by atoms with Crippen LogP contribution in [0.1, 0.15) is 38.3 Å². The summed E-state index contributed by atoms with van der Waals surface area (Å²) in [5.41, 5.74) is 3.28. The van der Waals surface area contributed by atoms with Gasteiger partial charge in [-0.15, -0.1) is 0 Å². The van der Waals surface area contributed by atoms with Gasteiger partial charge in [-0.1, -0.05) is 49.4 Å². The molecule has 3 nitrogen and oxygen atoms in total. The molecule has 0 aliphatic carbocycles. The summed E-state index contributed by atoms with van der Waals surface area (Å²) in [6, 6.07) is 18.6. The number of benzene rings is 2. The molecule has 2 aromatic carbocycles. The van der Waals surface area contributed by atoms with E-state index in [1.54, 1.807) is 0 Å². The van der Waals surface area contributed by atoms with Crippen LogP contribution in [0.25, 0.3) is 0 Å². The molecule has 0 radical (unpaired) electrons. The molecule has 1 amide bonds. The summed E-state index contributed by atoms with van der Waals surface area (Å²) < 4.78 is 0. The summed E-state index contributed by atoms with van der Waals surface area (Å²) in [5.74, 6) is 0.0549. The number of anilines is 1. The number of carbonyl (C=O) groups is 1. The lowest BCUT2D eigenvalue weighted by Gasteiger charge is -2.29. The van der Waals surface area contributed by atoms with E-state index in [9.17, 15) is 4.79 Å². The third-order valence-corrected chi connectivity index (χ3v) is 4.28. The van der Waals surface area contributed by atoms with Crippen molar-refractivity contribution < 1.29 is 4.79 Å². The molecule has 128 valence electrons. The summed E-state index contributed by atoms with van der Waals surface area (Å²) in [5, 5.41) is 3.13. The molecular weight excluding hydrogens is 296 g/mol. The number of rotatable bonds is 7. The molecule has 1 N–H and O–H groups in total. The zero-order chi connectivity index (χ0) is 17.6. The smallest absolute Gasteiger partial charge is 0.239 e. The molecule has 0 aliphatic rings. The average Bonchev–Trinajstić information content (AvgIpc) is 2.55. The summed E-state index contributed by atoms with van der Waals surface area (Å²) in [6.45, 7) is 9.33. The van der Waals surface area contributed by atoms with Crippen LogP contribution < -0.4 is 10.2 Å². The van der Waals surface area contributed by atoms with Gasteiger partial charge in [0, 0.05) is 17.8 Å². The predicted molar refractivity (Wildman–Crippen MR) is 101 cm³/mol. The number of aryl methyl sites for hydroxylation is 1. The second kappa shape index (κ2) is 8.00. The Hall–Kier alpha value is -2.29. The van der Waals surface area contributed by atoms with Gasteiger partial charge >= 0.3 is 0 Å². The van der Waals surface area contributed by atoms with Gasteiger partial charge in [-0.2, -0.15) is 0 Å². The van der Waals surface area contributed by atoms with Crippen LogP contribution in [0.15, 0.2) is 54.6 Å². The Morgan fingerprint density at radius 2 is 1.79 bits per heavy atom. The Morgan fingerprint density at radius 3 is 2.42 bits per heavy atom. The maximum Gasteiger partial charge on any atom is 0.239 e. The Labute approximate surface area is 145 Å². The molecule has 3 heteroatoms. The van der Waals surface area contributed by atoms with Crippen LogP contribution in [0.5, 0.6) is 0 Å². The van der Waals surface area contributed by atoms with Gasteiger partial charge in [-0.05, 0) is 50.5 Å². The SMILES string of the molecule is CCC(C)(C)NC(=O)CN(Cc1ccccc1)c1cccc(C)c1. The highest BCUT2D eigenvalue weighted by Gasteiger charge is 2.20. The fourth-order valence-electron chi connectivity index (χ4n) is 2.55. The second-order valence-corrected chi connectivity index (χ2v) is 6.97. The second-order valence-electron chi connectivity index (χ2n) is 6.97. The van der Waals surface area contributed by atoms with E-state index >= 15 is 0 Å². The lowest BCUT2D eigenvalue weighted by molar-refractivity contribution is -0.121. The van der Waals surface area contributed by atoms with E-state index < -0.39 is 0 Å². The molecule has 0 bridgehead atoms. The van der Waals surface area contributed by atoms with E-state index in [0.717, 1.165) is 12.1 Å². The van der Waals surface area contributed by atoms with E-state index in [0.29, 0.717) is 13.1 Å². The first-order chi connectivity index (χ1) is 11.4. The first-order valence-electron chi connectivity index (χ1n) is 8.56. The topological polar surface area (TPSA) is 32.3 Å². The first kappa shape index (κ1) is 18.1. The van der Waals surface area contributed by atoms with Crippen molar-refractivity contribution in [2.24, 2.45) is 0 Å². The van der Waals surface area contributed by atoms with Crippen molar-refractivity contribution in [3.05, 3.63) is 65.7 Å². The molecule has 0 atom stereocenters. The molecule has 0 saturated carbocycles. The van der Waals surface area contributed by atoms with Crippen molar-refractivity contribution in [2.45, 2.75) is 46.2 Å². The Morgan fingerprint density at radius 1 is 1.08 bits per heavy atom. The van der Waals surface area contributed by atoms with Crippen LogP contribution in [-0.4, -0.2) is 18.0 Å². The lowest BCUT2D eigenvalue weighted by Crippen LogP contribution is -2.47. The van der Waals surface area contributed by atoms with Crippen LogP contribution in [0.4, 0.5) is 5.69 Å². The van der Waals surface area contributed by atoms with Gasteiger partial charge in [0.1, 0.15) is 0 Å². The standard InChI is InChI=1S/C21H28N2O/c1-5-21(3,4)22-20(24)16-23(15-18-11-7-6-8-12-18)19-13-9-10-17(2)14-19/h6-14H,5,15-16H2,1-4H3,(H,22,24). The van der Waals surface area contributed by atoms with Gasteiger partial charge in [-0.25, -0.2) is 0 Å². The molecule has 0 aliphatic heterocycles. The lowest BCUT2D eigenvalue weighted by atomic mass is 10.0. The Balaban J connectivity index is 2.18. The van der Waals surface area contributed by atoms with E-state index in [1.807, 2.05) is 24.3 Å². The monoisotopic (exact) mass is 324 g/mol. The fraction of sp³-hybridized carbons (Fsp3) is 0.381. The molecular formula is C21H28N2O. The van der Waals surface area contributed by atoms with Crippen LogP contribution in [-0.2, 0) is 11.3 Å². The maximum absolute atomic E-state index is 12.5. The quantitative estimate of drug-likeness (QED) is 0.823. The van der Waals surface area contributed by atoms with E-state index in [-0.39, 0.29) is 11.4 Å². The zero-order valence-corrected chi connectivity index (χ0v) is 15.2. The number of hydrogen-bond acceptors (Lipinski definition) is 2. The van der Waals surface area contributed by atoms with Gasteiger partial charge in [-0.3, -0.25) is 4.79 Å². The highest BCUT2D eigenvalue weighted by molar-refractivity contribution is 5.82. The number of carbonyl (C=O) groups excluding carboxylic acids is 1. The maximum atomic E-state index is 12.5. The molecule has 0 heterocycles. The minimum Gasteiger partial charge on any atom is -0.358 e. The van der Waals surface area contributed by atoms with Gasteiger partial charge < -0.3 is 10.2 Å². The molecule has 0 spiro atoms. The average molecular weight is 324 g/mol. The Kier molecular flexibility index (Phi) is 6.02. The minimum absolute atomic E-state index is 0.0549. The molecule has 0 unspecified atom stereocenters. The van der Waals surface area contributed by atoms with Crippen molar-refractivity contribution in [2.75, 3.05) is 11.4 Å². The van der Waals surface area contributed by atoms with Gasteiger partial charge in [0.25, 0.3) is 0 Å². The van der Waals surface area contributed by atoms with Crippen LogP contribution >= 0.6 is 0 Å². The summed E-state index contributed by atoms with van der Waals surface area (Å²) >= 11 is 0. The number of nitrogens with zero attached hydrogens (tertiary/aromatic N) is 1. The van der Waals surface area contributed by atoms with Crippen LogP contribution in [0.2, 0.25) is 0 Å². The van der Waals surface area contributed by atoms with Gasteiger partial charge in [0.05, 0.1) is 6.54 Å². The van der Waals surface area contributed by atoms with Crippen molar-refractivity contribution in [3.8, 4) is 0 Å². The summed E-state index contributed by atoms with van der Waals surface area (Å²) in [6.07, 6.45) is 0.905. The van der Waals surface area contributed by atoms with Gasteiger partial charge in [0.15, 0.2) is 0 Å². The van der Waals surface area contributed by atoms with E-state index in [4.69, 9.17) is 0 Å². The van der Waals surface area contributed by atoms with Crippen molar-refractivity contribution >= 4 is 11.6 Å². The van der Waals surface area contributed by atoms with Crippen molar-refractivity contribution in [3.63, 3.8) is 0 Å². The molecule has 2 aromatic rings. The third kappa shape index (κ3) is 5.41. The minimum atomic E-state index is -0.178. The normalized spacial score (nSPS) is 11.2. The van der Waals surface area contributed by atoms with Crippen LogP contribution in [0, 0.1) is 6.92 Å². The number of amides is 1. The molecule has 2 rings (SSSR count).